The minimum Gasteiger partial charge on any atom is -0.461 e. The van der Waals surface area contributed by atoms with Crippen molar-refractivity contribution in [1.82, 2.24) is 0 Å². The van der Waals surface area contributed by atoms with Crippen LogP contribution in [0.1, 0.15) is 12.5 Å². The number of hydrogen-bond donors (Lipinski definition) is 1. The lowest BCUT2D eigenvalue weighted by Crippen LogP contribution is -2.10. The number of carbonyl (C=O) groups is 1. The summed E-state index contributed by atoms with van der Waals surface area (Å²) < 4.78 is 9.97. The van der Waals surface area contributed by atoms with E-state index in [1.165, 1.54) is 6.92 Å². The van der Waals surface area contributed by atoms with Crippen molar-refractivity contribution in [3.63, 3.8) is 0 Å². The van der Waals surface area contributed by atoms with E-state index >= 15 is 0 Å². The van der Waals surface area contributed by atoms with Crippen molar-refractivity contribution < 1.29 is 13.9 Å². The van der Waals surface area contributed by atoms with E-state index in [0.717, 1.165) is 11.1 Å². The van der Waals surface area contributed by atoms with Crippen LogP contribution in [0, 0.1) is 0 Å². The predicted octanol–water partition coefficient (Wildman–Crippen LogP) is 1.90. The highest BCUT2D eigenvalue weighted by molar-refractivity contribution is 5.80. The number of nitrogens with one attached hydrogen (secondary N) is 1. The van der Waals surface area contributed by atoms with E-state index in [2.05, 4.69) is 5.32 Å². The van der Waals surface area contributed by atoms with Gasteiger partial charge in [0.15, 0.2) is 0 Å². The van der Waals surface area contributed by atoms with Crippen LogP contribution in [0.15, 0.2) is 33.5 Å². The monoisotopic (exact) mass is 247 g/mol. The van der Waals surface area contributed by atoms with E-state index in [-0.39, 0.29) is 6.61 Å². The first-order valence-corrected chi connectivity index (χ1v) is 5.48. The van der Waals surface area contributed by atoms with Crippen molar-refractivity contribution in [2.24, 2.45) is 0 Å². The van der Waals surface area contributed by atoms with Crippen LogP contribution >= 0.6 is 0 Å². The van der Waals surface area contributed by atoms with Crippen LogP contribution in [0.2, 0.25) is 0 Å². The van der Waals surface area contributed by atoms with E-state index in [0.29, 0.717) is 11.1 Å². The minimum atomic E-state index is -0.489. The molecule has 0 fully saturated rings. The average Bonchev–Trinajstić information content (AvgIpc) is 2.35. The van der Waals surface area contributed by atoms with Crippen LogP contribution in [0.4, 0.5) is 5.69 Å². The van der Waals surface area contributed by atoms with Crippen LogP contribution in [0.5, 0.6) is 0 Å². The Balaban J connectivity index is 2.43. The zero-order valence-electron chi connectivity index (χ0n) is 10.1. The van der Waals surface area contributed by atoms with Gasteiger partial charge in [-0.3, -0.25) is 4.79 Å². The second-order valence-electron chi connectivity index (χ2n) is 3.84. The molecular weight excluding hydrogens is 234 g/mol. The van der Waals surface area contributed by atoms with E-state index in [4.69, 9.17) is 9.15 Å². The zero-order valence-corrected chi connectivity index (χ0v) is 10.1. The first-order chi connectivity index (χ1) is 8.60. The normalized spacial score (nSPS) is 10.3. The topological polar surface area (TPSA) is 68.5 Å². The Morgan fingerprint density at radius 1 is 1.39 bits per heavy atom. The number of rotatable bonds is 3. The molecule has 1 N–H and O–H groups in total. The van der Waals surface area contributed by atoms with Crippen LogP contribution in [0.25, 0.3) is 11.0 Å². The van der Waals surface area contributed by atoms with Crippen molar-refractivity contribution >= 4 is 22.6 Å². The van der Waals surface area contributed by atoms with Gasteiger partial charge in [0.25, 0.3) is 0 Å². The summed E-state index contributed by atoms with van der Waals surface area (Å²) >= 11 is 0. The predicted molar refractivity (Wildman–Crippen MR) is 67.5 cm³/mol. The highest BCUT2D eigenvalue weighted by Gasteiger charge is 2.07. The first-order valence-electron chi connectivity index (χ1n) is 5.48. The van der Waals surface area contributed by atoms with E-state index in [9.17, 15) is 9.59 Å². The Hall–Kier alpha value is -2.30. The summed E-state index contributed by atoms with van der Waals surface area (Å²) in [4.78, 5) is 22.4. The molecular formula is C13H13NO4. The Bertz CT molecular complexity index is 645. The zero-order chi connectivity index (χ0) is 13.1. The second-order valence-corrected chi connectivity index (χ2v) is 3.84. The average molecular weight is 247 g/mol. The standard InChI is InChI=1S/C13H13NO4/c1-8(15)17-7-10-5-9-3-4-11(14-2)6-12(9)18-13(10)16/h3-6,14H,7H2,1-2H3. The summed E-state index contributed by atoms with van der Waals surface area (Å²) in [6.07, 6.45) is 0. The lowest BCUT2D eigenvalue weighted by atomic mass is 10.2. The molecule has 0 bridgehead atoms. The van der Waals surface area contributed by atoms with Gasteiger partial charge in [0.2, 0.25) is 0 Å². The third-order valence-electron chi connectivity index (χ3n) is 2.53. The van der Waals surface area contributed by atoms with Crippen LogP contribution in [-0.4, -0.2) is 13.0 Å². The van der Waals surface area contributed by atoms with Crippen molar-refractivity contribution in [2.45, 2.75) is 13.5 Å². The molecule has 0 amide bonds. The van der Waals surface area contributed by atoms with Crippen molar-refractivity contribution in [3.05, 3.63) is 40.2 Å². The third kappa shape index (κ3) is 2.51. The van der Waals surface area contributed by atoms with Crippen LogP contribution in [-0.2, 0) is 16.1 Å². The van der Waals surface area contributed by atoms with Crippen molar-refractivity contribution in [3.8, 4) is 0 Å². The Morgan fingerprint density at radius 2 is 2.17 bits per heavy atom. The van der Waals surface area contributed by atoms with Gasteiger partial charge < -0.3 is 14.5 Å². The Morgan fingerprint density at radius 3 is 2.83 bits per heavy atom. The number of carbonyl (C=O) groups excluding carboxylic acids is 1. The molecule has 0 saturated heterocycles. The quantitative estimate of drug-likeness (QED) is 0.662. The number of benzene rings is 1. The number of anilines is 1. The molecule has 0 unspecified atom stereocenters. The summed E-state index contributed by atoms with van der Waals surface area (Å²) in [6, 6.07) is 7.12. The molecule has 5 nitrogen and oxygen atoms in total. The van der Waals surface area contributed by atoms with Gasteiger partial charge in [-0.1, -0.05) is 0 Å². The molecule has 2 aromatic rings. The van der Waals surface area contributed by atoms with Gasteiger partial charge in [0, 0.05) is 31.1 Å². The molecule has 0 atom stereocenters. The van der Waals surface area contributed by atoms with Gasteiger partial charge in [-0.05, 0) is 18.2 Å². The highest BCUT2D eigenvalue weighted by atomic mass is 16.5. The molecule has 1 aromatic heterocycles. The Labute approximate surface area is 103 Å². The summed E-state index contributed by atoms with van der Waals surface area (Å²) in [7, 11) is 1.79. The maximum absolute atomic E-state index is 11.7. The molecule has 0 radical (unpaired) electrons. The largest absolute Gasteiger partial charge is 0.461 e. The molecule has 18 heavy (non-hydrogen) atoms. The molecule has 0 aliphatic heterocycles. The summed E-state index contributed by atoms with van der Waals surface area (Å²) in [5.41, 5.74) is 1.20. The third-order valence-corrected chi connectivity index (χ3v) is 2.53. The van der Waals surface area contributed by atoms with Gasteiger partial charge in [-0.2, -0.15) is 0 Å². The maximum Gasteiger partial charge on any atom is 0.342 e. The number of hydrogen-bond acceptors (Lipinski definition) is 5. The van der Waals surface area contributed by atoms with Crippen LogP contribution in [0.3, 0.4) is 0 Å². The van der Waals surface area contributed by atoms with Gasteiger partial charge in [0.1, 0.15) is 12.2 Å². The molecule has 2 rings (SSSR count). The van der Waals surface area contributed by atoms with Crippen molar-refractivity contribution in [2.75, 3.05) is 12.4 Å². The first kappa shape index (κ1) is 12.2. The lowest BCUT2D eigenvalue weighted by molar-refractivity contribution is -0.142. The molecule has 0 aliphatic rings. The maximum atomic E-state index is 11.7. The lowest BCUT2D eigenvalue weighted by Gasteiger charge is -2.04. The van der Waals surface area contributed by atoms with Gasteiger partial charge >= 0.3 is 11.6 Å². The highest BCUT2D eigenvalue weighted by Crippen LogP contribution is 2.18. The van der Waals surface area contributed by atoms with Gasteiger partial charge in [-0.15, -0.1) is 0 Å². The van der Waals surface area contributed by atoms with E-state index in [1.54, 1.807) is 19.2 Å². The van der Waals surface area contributed by atoms with E-state index < -0.39 is 11.6 Å². The summed E-state index contributed by atoms with van der Waals surface area (Å²) in [5.74, 6) is -0.431. The summed E-state index contributed by atoms with van der Waals surface area (Å²) in [5, 5.41) is 3.75. The molecule has 1 heterocycles. The molecule has 94 valence electrons. The molecule has 0 spiro atoms. The van der Waals surface area contributed by atoms with Crippen LogP contribution < -0.4 is 10.9 Å². The number of fused-ring (bicyclic) bond motifs is 1. The van der Waals surface area contributed by atoms with E-state index in [1.807, 2.05) is 12.1 Å². The fraction of sp³-hybridized carbons (Fsp3) is 0.231. The minimum absolute atomic E-state index is 0.0681. The smallest absolute Gasteiger partial charge is 0.342 e. The SMILES string of the molecule is CNc1ccc2cc(COC(C)=O)c(=O)oc2c1. The fourth-order valence-corrected chi connectivity index (χ4v) is 1.59. The summed E-state index contributed by atoms with van der Waals surface area (Å²) in [6.45, 7) is 1.23. The molecule has 0 saturated carbocycles. The fourth-order valence-electron chi connectivity index (χ4n) is 1.59. The Kier molecular flexibility index (Phi) is 3.32. The molecule has 1 aromatic carbocycles. The van der Waals surface area contributed by atoms with Gasteiger partial charge in [0.05, 0.1) is 5.56 Å². The number of esters is 1. The number of ether oxygens (including phenoxy) is 1. The second kappa shape index (κ2) is 4.91. The molecule has 5 heteroatoms. The van der Waals surface area contributed by atoms with Gasteiger partial charge in [-0.25, -0.2) is 4.79 Å². The van der Waals surface area contributed by atoms with Crippen molar-refractivity contribution in [1.29, 1.82) is 0 Å². The molecule has 0 aliphatic carbocycles.